The number of carbonyl (C=O) groups is 1. The standard InChI is InChI=1S/C28H24Cl2F4N4O4/c1-14(26(39)40)5-8-41-17-3-4-18(19(29)11-17)23-37-22-24(35-13-36-25(22)42-27(2)6-7-27)38(23)12-15-9-16(28(32,33)34)10-20(30)21(15)31/h3-4,9-11,13-14H,5-8,12H2,1-2H3,(H,39,40). The molecule has 0 amide bonds. The number of benzene rings is 2. The molecule has 222 valence electrons. The van der Waals surface area contributed by atoms with E-state index in [1.54, 1.807) is 19.1 Å². The lowest BCUT2D eigenvalue weighted by Crippen LogP contribution is -2.13. The van der Waals surface area contributed by atoms with Crippen molar-refractivity contribution in [3.05, 3.63) is 63.6 Å². The van der Waals surface area contributed by atoms with Crippen LogP contribution in [0, 0.1) is 11.7 Å². The van der Waals surface area contributed by atoms with Crippen molar-refractivity contribution in [2.24, 2.45) is 5.92 Å². The van der Waals surface area contributed by atoms with Crippen LogP contribution in [0.2, 0.25) is 10.0 Å². The average molecular weight is 627 g/mol. The highest BCUT2D eigenvalue weighted by molar-refractivity contribution is 6.33. The number of aromatic nitrogens is 4. The summed E-state index contributed by atoms with van der Waals surface area (Å²) in [7, 11) is 0. The number of fused-ring (bicyclic) bond motifs is 1. The van der Waals surface area contributed by atoms with Crippen molar-refractivity contribution in [3.63, 3.8) is 0 Å². The summed E-state index contributed by atoms with van der Waals surface area (Å²) >= 11 is 12.5. The summed E-state index contributed by atoms with van der Waals surface area (Å²) < 4.78 is 68.8. The summed E-state index contributed by atoms with van der Waals surface area (Å²) in [6.45, 7) is 3.19. The van der Waals surface area contributed by atoms with E-state index in [0.717, 1.165) is 12.8 Å². The van der Waals surface area contributed by atoms with Gasteiger partial charge in [0.2, 0.25) is 5.88 Å². The number of carboxylic acid groups (broad SMARTS) is 1. The Bertz CT molecular complexity index is 1670. The fraction of sp³-hybridized carbons (Fsp3) is 0.357. The number of aliphatic carboxylic acids is 1. The monoisotopic (exact) mass is 626 g/mol. The second-order valence-corrected chi connectivity index (χ2v) is 11.2. The maximum atomic E-state index is 15.1. The lowest BCUT2D eigenvalue weighted by molar-refractivity contribution is -0.141. The Balaban J connectivity index is 1.58. The Kier molecular flexibility index (Phi) is 7.97. The smallest absolute Gasteiger partial charge is 0.416 e. The molecule has 1 aliphatic carbocycles. The molecule has 4 aromatic rings. The number of nitrogens with zero attached hydrogens (tertiary/aromatic N) is 4. The molecule has 1 atom stereocenters. The highest BCUT2D eigenvalue weighted by atomic mass is 35.5. The minimum atomic E-state index is -4.75. The van der Waals surface area contributed by atoms with Crippen LogP contribution in [0.4, 0.5) is 17.6 Å². The molecule has 1 unspecified atom stereocenters. The van der Waals surface area contributed by atoms with Gasteiger partial charge in [-0.3, -0.25) is 4.79 Å². The Morgan fingerprint density at radius 3 is 2.55 bits per heavy atom. The predicted octanol–water partition coefficient (Wildman–Crippen LogP) is 7.43. The first-order valence-corrected chi connectivity index (χ1v) is 13.6. The van der Waals surface area contributed by atoms with Crippen LogP contribution in [0.3, 0.4) is 0 Å². The van der Waals surface area contributed by atoms with Crippen LogP contribution >= 0.6 is 23.2 Å². The van der Waals surface area contributed by atoms with Crippen LogP contribution in [0.15, 0.2) is 36.7 Å². The van der Waals surface area contributed by atoms with E-state index < -0.39 is 46.6 Å². The average Bonchev–Trinajstić information content (AvgIpc) is 3.53. The first kappa shape index (κ1) is 29.8. The zero-order chi connectivity index (χ0) is 30.4. The van der Waals surface area contributed by atoms with E-state index in [4.69, 9.17) is 37.8 Å². The maximum absolute atomic E-state index is 15.1. The van der Waals surface area contributed by atoms with Gasteiger partial charge in [0.05, 0.1) is 34.7 Å². The summed E-state index contributed by atoms with van der Waals surface area (Å²) in [5.74, 6) is -1.85. The Morgan fingerprint density at radius 2 is 1.90 bits per heavy atom. The molecule has 0 radical (unpaired) electrons. The van der Waals surface area contributed by atoms with Crippen molar-refractivity contribution in [1.82, 2.24) is 19.5 Å². The largest absolute Gasteiger partial charge is 0.494 e. The molecule has 1 fully saturated rings. The van der Waals surface area contributed by atoms with Crippen LogP contribution < -0.4 is 9.47 Å². The normalized spacial score (nSPS) is 15.0. The van der Waals surface area contributed by atoms with Gasteiger partial charge in [-0.05, 0) is 56.5 Å². The molecule has 1 N–H and O–H groups in total. The molecule has 0 aliphatic heterocycles. The van der Waals surface area contributed by atoms with Crippen LogP contribution in [0.25, 0.3) is 22.6 Å². The minimum absolute atomic E-state index is 0.131. The lowest BCUT2D eigenvalue weighted by atomic mass is 10.1. The predicted molar refractivity (Wildman–Crippen MR) is 146 cm³/mol. The summed E-state index contributed by atoms with van der Waals surface area (Å²) in [4.78, 5) is 24.2. The van der Waals surface area contributed by atoms with Gasteiger partial charge in [-0.2, -0.15) is 18.2 Å². The number of imidazole rings is 1. The number of hydrogen-bond donors (Lipinski definition) is 1. The molecule has 0 bridgehead atoms. The van der Waals surface area contributed by atoms with E-state index in [9.17, 15) is 18.0 Å². The second-order valence-electron chi connectivity index (χ2n) is 10.4. The third-order valence-corrected chi connectivity index (χ3v) is 7.57. The van der Waals surface area contributed by atoms with Gasteiger partial charge >= 0.3 is 12.1 Å². The number of halogens is 6. The van der Waals surface area contributed by atoms with Crippen molar-refractivity contribution in [2.75, 3.05) is 6.61 Å². The molecular weight excluding hydrogens is 603 g/mol. The molecule has 14 heteroatoms. The van der Waals surface area contributed by atoms with E-state index in [1.807, 2.05) is 6.92 Å². The summed E-state index contributed by atoms with van der Waals surface area (Å²) in [5.41, 5.74) is -1.12. The fourth-order valence-electron chi connectivity index (χ4n) is 4.20. The molecule has 5 rings (SSSR count). The van der Waals surface area contributed by atoms with E-state index in [-0.39, 0.29) is 46.5 Å². The van der Waals surface area contributed by atoms with Crippen molar-refractivity contribution < 1.29 is 36.9 Å². The summed E-state index contributed by atoms with van der Waals surface area (Å²) in [6.07, 6.45) is -1.64. The first-order chi connectivity index (χ1) is 19.8. The SMILES string of the molecule is CC(CCOc1ccc(-c2nc3c(OC4(C)CC4)ncnc3n2Cc2cc(C(F)(F)F)cc(Cl)c2F)c(Cl)c1)C(=O)O. The van der Waals surface area contributed by atoms with Gasteiger partial charge in [0.15, 0.2) is 11.2 Å². The fourth-order valence-corrected chi connectivity index (χ4v) is 4.69. The number of alkyl halides is 3. The van der Waals surface area contributed by atoms with Gasteiger partial charge in [-0.15, -0.1) is 0 Å². The van der Waals surface area contributed by atoms with Crippen LogP contribution in [-0.2, 0) is 17.5 Å². The number of hydrogen-bond acceptors (Lipinski definition) is 6. The van der Waals surface area contributed by atoms with Crippen molar-refractivity contribution in [1.29, 1.82) is 0 Å². The van der Waals surface area contributed by atoms with Gasteiger partial charge in [-0.25, -0.2) is 14.4 Å². The molecule has 2 heterocycles. The molecule has 0 saturated heterocycles. The van der Waals surface area contributed by atoms with Crippen LogP contribution in [-0.4, -0.2) is 42.8 Å². The zero-order valence-electron chi connectivity index (χ0n) is 22.3. The molecule has 2 aromatic heterocycles. The second kappa shape index (κ2) is 11.2. The molecule has 1 aliphatic rings. The highest BCUT2D eigenvalue weighted by Gasteiger charge is 2.41. The summed E-state index contributed by atoms with van der Waals surface area (Å²) in [5, 5.41) is 8.55. The van der Waals surface area contributed by atoms with Crippen molar-refractivity contribution >= 4 is 40.3 Å². The van der Waals surface area contributed by atoms with Crippen molar-refractivity contribution in [3.8, 4) is 23.0 Å². The van der Waals surface area contributed by atoms with Gasteiger partial charge in [0.25, 0.3) is 0 Å². The van der Waals surface area contributed by atoms with Crippen LogP contribution in [0.5, 0.6) is 11.6 Å². The third-order valence-electron chi connectivity index (χ3n) is 6.98. The Morgan fingerprint density at radius 1 is 1.17 bits per heavy atom. The van der Waals surface area contributed by atoms with Crippen LogP contribution in [0.1, 0.15) is 44.2 Å². The Labute approximate surface area is 247 Å². The molecule has 0 spiro atoms. The number of ether oxygens (including phenoxy) is 2. The van der Waals surface area contributed by atoms with E-state index in [0.29, 0.717) is 23.4 Å². The van der Waals surface area contributed by atoms with Gasteiger partial charge in [0, 0.05) is 11.1 Å². The quantitative estimate of drug-likeness (QED) is 0.183. The minimum Gasteiger partial charge on any atom is -0.494 e. The van der Waals surface area contributed by atoms with Crippen molar-refractivity contribution in [2.45, 2.75) is 51.4 Å². The van der Waals surface area contributed by atoms with Gasteiger partial charge < -0.3 is 19.1 Å². The number of rotatable bonds is 10. The lowest BCUT2D eigenvalue weighted by Gasteiger charge is -2.15. The topological polar surface area (TPSA) is 99.4 Å². The summed E-state index contributed by atoms with van der Waals surface area (Å²) in [6, 6.07) is 5.90. The molecule has 2 aromatic carbocycles. The third kappa shape index (κ3) is 6.24. The van der Waals surface area contributed by atoms with Gasteiger partial charge in [0.1, 0.15) is 29.3 Å². The first-order valence-electron chi connectivity index (χ1n) is 12.9. The highest BCUT2D eigenvalue weighted by Crippen LogP contribution is 2.42. The molecule has 8 nitrogen and oxygen atoms in total. The number of carboxylic acids is 1. The molecule has 42 heavy (non-hydrogen) atoms. The molecular formula is C28H24Cl2F4N4O4. The van der Waals surface area contributed by atoms with Gasteiger partial charge in [-0.1, -0.05) is 30.1 Å². The maximum Gasteiger partial charge on any atom is 0.416 e. The van der Waals surface area contributed by atoms with E-state index >= 15 is 4.39 Å². The molecule has 1 saturated carbocycles. The van der Waals surface area contributed by atoms with E-state index in [2.05, 4.69) is 15.0 Å². The Hall–Kier alpha value is -3.64. The zero-order valence-corrected chi connectivity index (χ0v) is 23.8. The van der Waals surface area contributed by atoms with E-state index in [1.165, 1.54) is 17.0 Å².